The van der Waals surface area contributed by atoms with Crippen molar-refractivity contribution < 1.29 is 14.3 Å². The number of nitrogen functional groups attached to an aromatic ring is 1. The Kier molecular flexibility index (Phi) is 5.03. The second-order valence-corrected chi connectivity index (χ2v) is 4.69. The zero-order valence-electron chi connectivity index (χ0n) is 11.4. The predicted molar refractivity (Wildman–Crippen MR) is 80.4 cm³/mol. The number of rotatable bonds is 5. The number of methoxy groups -OCH3 is 1. The van der Waals surface area contributed by atoms with E-state index < -0.39 is 5.91 Å². The molecule has 2 rings (SSSR count). The Morgan fingerprint density at radius 1 is 1.19 bits per heavy atom. The number of halogens is 1. The number of nitrogens with two attached hydrogens (primary N) is 1. The van der Waals surface area contributed by atoms with E-state index >= 15 is 0 Å². The fourth-order valence-corrected chi connectivity index (χ4v) is 1.88. The van der Waals surface area contributed by atoms with E-state index in [2.05, 4.69) is 5.43 Å². The van der Waals surface area contributed by atoms with Crippen molar-refractivity contribution >= 4 is 17.5 Å². The van der Waals surface area contributed by atoms with Gasteiger partial charge in [0.1, 0.15) is 6.61 Å². The van der Waals surface area contributed by atoms with Crippen LogP contribution < -0.4 is 20.7 Å². The molecular weight excluding hydrogens is 292 g/mol. The van der Waals surface area contributed by atoms with Crippen LogP contribution >= 0.6 is 11.6 Å². The molecule has 3 N–H and O–H groups in total. The molecule has 0 fully saturated rings. The van der Waals surface area contributed by atoms with Gasteiger partial charge in [0.05, 0.1) is 7.11 Å². The van der Waals surface area contributed by atoms with E-state index in [1.165, 1.54) is 7.11 Å². The molecule has 0 saturated carbocycles. The minimum atomic E-state index is -0.394. The number of benzene rings is 2. The highest BCUT2D eigenvalue weighted by Crippen LogP contribution is 2.29. The minimum absolute atomic E-state index is 0.335. The number of ether oxygens (including phenoxy) is 2. The Bertz CT molecular complexity index is 629. The van der Waals surface area contributed by atoms with Gasteiger partial charge in [0.25, 0.3) is 5.91 Å². The smallest absolute Gasteiger partial charge is 0.265 e. The van der Waals surface area contributed by atoms with Crippen LogP contribution in [0, 0.1) is 0 Å². The highest BCUT2D eigenvalue weighted by atomic mass is 35.5. The largest absolute Gasteiger partial charge is 0.493 e. The molecule has 6 heteroatoms. The summed E-state index contributed by atoms with van der Waals surface area (Å²) in [7, 11) is 1.53. The van der Waals surface area contributed by atoms with Crippen molar-refractivity contribution in [1.82, 2.24) is 5.43 Å². The van der Waals surface area contributed by atoms with E-state index in [9.17, 15) is 4.79 Å². The molecule has 2 aromatic carbocycles. The molecule has 0 aliphatic heterocycles. The van der Waals surface area contributed by atoms with Crippen LogP contribution in [0.1, 0.15) is 15.9 Å². The molecule has 2 aromatic rings. The maximum atomic E-state index is 11.5. The van der Waals surface area contributed by atoms with Crippen molar-refractivity contribution in [3.63, 3.8) is 0 Å². The molecule has 0 spiro atoms. The van der Waals surface area contributed by atoms with Gasteiger partial charge < -0.3 is 9.47 Å². The molecule has 0 atom stereocenters. The minimum Gasteiger partial charge on any atom is -0.493 e. The molecule has 0 bridgehead atoms. The summed E-state index contributed by atoms with van der Waals surface area (Å²) in [6.07, 6.45) is 0. The molecule has 0 aliphatic rings. The molecule has 0 radical (unpaired) electrons. The van der Waals surface area contributed by atoms with Crippen LogP contribution in [0.5, 0.6) is 11.5 Å². The van der Waals surface area contributed by atoms with Gasteiger partial charge in [-0.25, -0.2) is 5.84 Å². The molecule has 0 saturated heterocycles. The summed E-state index contributed by atoms with van der Waals surface area (Å²) in [4.78, 5) is 11.5. The van der Waals surface area contributed by atoms with Gasteiger partial charge in [-0.3, -0.25) is 10.2 Å². The average Bonchev–Trinajstić information content (AvgIpc) is 2.53. The van der Waals surface area contributed by atoms with Crippen LogP contribution in [0.2, 0.25) is 5.02 Å². The highest BCUT2D eigenvalue weighted by molar-refractivity contribution is 6.30. The quantitative estimate of drug-likeness (QED) is 0.506. The number of hydrazine groups is 1. The molecular formula is C15H15ClN2O3. The summed E-state index contributed by atoms with van der Waals surface area (Å²) in [5.41, 5.74) is 3.42. The van der Waals surface area contributed by atoms with Gasteiger partial charge in [-0.05, 0) is 35.9 Å². The van der Waals surface area contributed by atoms with E-state index in [1.54, 1.807) is 30.3 Å². The van der Waals surface area contributed by atoms with Crippen molar-refractivity contribution in [1.29, 1.82) is 0 Å². The Labute approximate surface area is 127 Å². The SMILES string of the molecule is COc1ccc(C(=O)NN)cc1OCc1ccc(Cl)cc1. The van der Waals surface area contributed by atoms with Gasteiger partial charge in [-0.1, -0.05) is 23.7 Å². The lowest BCUT2D eigenvalue weighted by molar-refractivity contribution is 0.0953. The lowest BCUT2D eigenvalue weighted by atomic mass is 10.2. The Balaban J connectivity index is 2.17. The zero-order valence-corrected chi connectivity index (χ0v) is 12.2. The van der Waals surface area contributed by atoms with Crippen molar-refractivity contribution in [3.05, 3.63) is 58.6 Å². The number of carbonyl (C=O) groups excluding carboxylic acids is 1. The van der Waals surface area contributed by atoms with Gasteiger partial charge in [0, 0.05) is 10.6 Å². The van der Waals surface area contributed by atoms with Crippen LogP contribution in [0.4, 0.5) is 0 Å². The Morgan fingerprint density at radius 3 is 2.52 bits per heavy atom. The first-order valence-electron chi connectivity index (χ1n) is 6.20. The fourth-order valence-electron chi connectivity index (χ4n) is 1.76. The molecule has 0 heterocycles. The van der Waals surface area contributed by atoms with Crippen molar-refractivity contribution in [3.8, 4) is 11.5 Å². The van der Waals surface area contributed by atoms with Crippen molar-refractivity contribution in [2.45, 2.75) is 6.61 Å². The maximum absolute atomic E-state index is 11.5. The number of amides is 1. The van der Waals surface area contributed by atoms with Gasteiger partial charge >= 0.3 is 0 Å². The summed E-state index contributed by atoms with van der Waals surface area (Å²) >= 11 is 5.83. The summed E-state index contributed by atoms with van der Waals surface area (Å²) < 4.78 is 10.9. The first kappa shape index (κ1) is 15.2. The molecule has 21 heavy (non-hydrogen) atoms. The third-order valence-corrected chi connectivity index (χ3v) is 3.12. The van der Waals surface area contributed by atoms with Crippen LogP contribution in [-0.4, -0.2) is 13.0 Å². The van der Waals surface area contributed by atoms with Gasteiger partial charge in [-0.15, -0.1) is 0 Å². The molecule has 110 valence electrons. The van der Waals surface area contributed by atoms with E-state index in [-0.39, 0.29) is 0 Å². The molecule has 0 aromatic heterocycles. The average molecular weight is 307 g/mol. The van der Waals surface area contributed by atoms with Crippen molar-refractivity contribution in [2.24, 2.45) is 5.84 Å². The van der Waals surface area contributed by atoms with Crippen LogP contribution in [0.15, 0.2) is 42.5 Å². The monoisotopic (exact) mass is 306 g/mol. The van der Waals surface area contributed by atoms with Gasteiger partial charge in [0.2, 0.25) is 0 Å². The summed E-state index contributed by atoms with van der Waals surface area (Å²) in [6.45, 7) is 0.335. The Hall–Kier alpha value is -2.24. The third-order valence-electron chi connectivity index (χ3n) is 2.86. The highest BCUT2D eigenvalue weighted by Gasteiger charge is 2.10. The van der Waals surface area contributed by atoms with E-state index in [4.69, 9.17) is 26.9 Å². The topological polar surface area (TPSA) is 73.6 Å². The number of hydrogen-bond acceptors (Lipinski definition) is 4. The maximum Gasteiger partial charge on any atom is 0.265 e. The number of hydrogen-bond donors (Lipinski definition) is 2. The lowest BCUT2D eigenvalue weighted by Crippen LogP contribution is -2.29. The third kappa shape index (κ3) is 3.87. The summed E-state index contributed by atoms with van der Waals surface area (Å²) in [5, 5.41) is 0.665. The molecule has 5 nitrogen and oxygen atoms in total. The predicted octanol–water partition coefficient (Wildman–Crippen LogP) is 2.53. The Morgan fingerprint density at radius 2 is 1.90 bits per heavy atom. The lowest BCUT2D eigenvalue weighted by Gasteiger charge is -2.12. The van der Waals surface area contributed by atoms with Crippen molar-refractivity contribution in [2.75, 3.05) is 7.11 Å². The zero-order chi connectivity index (χ0) is 15.2. The van der Waals surface area contributed by atoms with Crippen LogP contribution in [0.3, 0.4) is 0 Å². The fraction of sp³-hybridized carbons (Fsp3) is 0.133. The first-order chi connectivity index (χ1) is 10.1. The molecule has 1 amide bonds. The second-order valence-electron chi connectivity index (χ2n) is 4.25. The normalized spacial score (nSPS) is 10.0. The van der Waals surface area contributed by atoms with Gasteiger partial charge in [0.15, 0.2) is 11.5 Å². The first-order valence-corrected chi connectivity index (χ1v) is 6.58. The van der Waals surface area contributed by atoms with Crippen LogP contribution in [-0.2, 0) is 6.61 Å². The van der Waals surface area contributed by atoms with E-state index in [1.807, 2.05) is 12.1 Å². The number of nitrogens with one attached hydrogen (secondary N) is 1. The second kappa shape index (κ2) is 6.97. The molecule has 0 aliphatic carbocycles. The van der Waals surface area contributed by atoms with Crippen LogP contribution in [0.25, 0.3) is 0 Å². The summed E-state index contributed by atoms with van der Waals surface area (Å²) in [5.74, 6) is 5.73. The summed E-state index contributed by atoms with van der Waals surface area (Å²) in [6, 6.07) is 12.1. The standard InChI is InChI=1S/C15H15ClN2O3/c1-20-13-7-4-11(15(19)18-17)8-14(13)21-9-10-2-5-12(16)6-3-10/h2-8H,9,17H2,1H3,(H,18,19). The van der Waals surface area contributed by atoms with E-state index in [0.29, 0.717) is 28.7 Å². The van der Waals surface area contributed by atoms with E-state index in [0.717, 1.165) is 5.56 Å². The number of carbonyl (C=O) groups is 1. The molecule has 0 unspecified atom stereocenters. The van der Waals surface area contributed by atoms with Gasteiger partial charge in [-0.2, -0.15) is 0 Å².